The molecule has 0 aliphatic heterocycles. The third-order valence-corrected chi connectivity index (χ3v) is 2.23. The Balaban J connectivity index is 2.70. The summed E-state index contributed by atoms with van der Waals surface area (Å²) in [7, 11) is 1.74. The molecule has 1 rings (SSSR count). The fourth-order valence-corrected chi connectivity index (χ4v) is 1.35. The Labute approximate surface area is 69.7 Å². The summed E-state index contributed by atoms with van der Waals surface area (Å²) >= 11 is 1.47. The summed E-state index contributed by atoms with van der Waals surface area (Å²) in [6, 6.07) is 0. The number of hydrogen-bond acceptors (Lipinski definition) is 3. The molecule has 0 fully saturated rings. The van der Waals surface area contributed by atoms with Crippen LogP contribution in [-0.4, -0.2) is 17.9 Å². The van der Waals surface area contributed by atoms with E-state index < -0.39 is 0 Å². The molecule has 0 aromatic carbocycles. The van der Waals surface area contributed by atoms with Crippen molar-refractivity contribution >= 4 is 22.4 Å². The molecule has 0 atom stereocenters. The monoisotopic (exact) mass is 170 g/mol. The normalized spacial score (nSPS) is 9.64. The molecule has 1 aromatic heterocycles. The molecule has 3 nitrogen and oxygen atoms in total. The fraction of sp³-hybridized carbons (Fsp3) is 0.429. The number of carbonyl (C=O) groups excluding carboxylic acids is 1. The lowest BCUT2D eigenvalue weighted by Gasteiger charge is -2.11. The highest BCUT2D eigenvalue weighted by atomic mass is 32.1. The third kappa shape index (κ3) is 1.77. The minimum Gasteiger partial charge on any atom is -0.291 e. The van der Waals surface area contributed by atoms with Crippen LogP contribution in [0, 0.1) is 0 Å². The van der Waals surface area contributed by atoms with Crippen molar-refractivity contribution in [2.75, 3.05) is 11.9 Å². The van der Waals surface area contributed by atoms with E-state index in [1.807, 2.05) is 12.3 Å². The minimum absolute atomic E-state index is 0.0972. The molecule has 1 heterocycles. The Morgan fingerprint density at radius 2 is 2.55 bits per heavy atom. The predicted octanol–water partition coefficient (Wildman–Crippen LogP) is 1.52. The number of amides is 1. The van der Waals surface area contributed by atoms with Crippen LogP contribution in [0.3, 0.4) is 0 Å². The molecule has 0 saturated heterocycles. The molecule has 1 aromatic rings. The van der Waals surface area contributed by atoms with Gasteiger partial charge in [0.05, 0.1) is 0 Å². The van der Waals surface area contributed by atoms with E-state index in [2.05, 4.69) is 4.98 Å². The van der Waals surface area contributed by atoms with Crippen LogP contribution in [0.5, 0.6) is 0 Å². The zero-order chi connectivity index (χ0) is 8.27. The van der Waals surface area contributed by atoms with Gasteiger partial charge in [0, 0.05) is 25.0 Å². The van der Waals surface area contributed by atoms with E-state index in [-0.39, 0.29) is 5.91 Å². The van der Waals surface area contributed by atoms with E-state index in [9.17, 15) is 4.79 Å². The van der Waals surface area contributed by atoms with Crippen LogP contribution >= 0.6 is 11.3 Å². The molecule has 0 radical (unpaired) electrons. The predicted molar refractivity (Wildman–Crippen MR) is 45.8 cm³/mol. The molecular formula is C7H10N2OS. The van der Waals surface area contributed by atoms with Gasteiger partial charge in [-0.2, -0.15) is 0 Å². The van der Waals surface area contributed by atoms with Gasteiger partial charge >= 0.3 is 0 Å². The number of carbonyl (C=O) groups is 1. The number of aromatic nitrogens is 1. The van der Waals surface area contributed by atoms with Crippen molar-refractivity contribution in [3.63, 3.8) is 0 Å². The van der Waals surface area contributed by atoms with Crippen LogP contribution in [0.1, 0.15) is 13.3 Å². The van der Waals surface area contributed by atoms with E-state index in [1.54, 1.807) is 18.1 Å². The molecular weight excluding hydrogens is 160 g/mol. The Kier molecular flexibility index (Phi) is 2.59. The summed E-state index contributed by atoms with van der Waals surface area (Å²) in [6.45, 7) is 1.84. The Bertz CT molecular complexity index is 233. The number of nitrogens with zero attached hydrogens (tertiary/aromatic N) is 2. The molecule has 0 bridgehead atoms. The first kappa shape index (κ1) is 8.20. The highest BCUT2D eigenvalue weighted by Crippen LogP contribution is 2.15. The summed E-state index contributed by atoms with van der Waals surface area (Å²) in [5.74, 6) is 0.0972. The van der Waals surface area contributed by atoms with Gasteiger partial charge in [-0.1, -0.05) is 6.92 Å². The zero-order valence-electron chi connectivity index (χ0n) is 6.57. The largest absolute Gasteiger partial charge is 0.291 e. The van der Waals surface area contributed by atoms with Gasteiger partial charge in [0.25, 0.3) is 0 Å². The molecule has 0 aliphatic rings. The second-order valence-corrected chi connectivity index (χ2v) is 2.99. The Morgan fingerprint density at radius 1 is 1.82 bits per heavy atom. The highest BCUT2D eigenvalue weighted by molar-refractivity contribution is 7.13. The second-order valence-electron chi connectivity index (χ2n) is 2.12. The van der Waals surface area contributed by atoms with Crippen molar-refractivity contribution in [1.29, 1.82) is 0 Å². The Hall–Kier alpha value is -0.900. The third-order valence-electron chi connectivity index (χ3n) is 1.38. The highest BCUT2D eigenvalue weighted by Gasteiger charge is 2.09. The number of thiazole rings is 1. The number of rotatable bonds is 2. The van der Waals surface area contributed by atoms with E-state index in [1.165, 1.54) is 11.3 Å². The van der Waals surface area contributed by atoms with Crippen molar-refractivity contribution < 1.29 is 4.79 Å². The maximum absolute atomic E-state index is 11.1. The molecule has 0 N–H and O–H groups in total. The van der Waals surface area contributed by atoms with Crippen LogP contribution in [0.25, 0.3) is 0 Å². The molecule has 1 amide bonds. The number of hydrogen-bond donors (Lipinski definition) is 0. The summed E-state index contributed by atoms with van der Waals surface area (Å²) in [5, 5.41) is 2.62. The zero-order valence-corrected chi connectivity index (χ0v) is 7.39. The van der Waals surface area contributed by atoms with Gasteiger partial charge in [-0.25, -0.2) is 4.98 Å². The van der Waals surface area contributed by atoms with Crippen molar-refractivity contribution in [2.24, 2.45) is 0 Å². The molecule has 0 aliphatic carbocycles. The summed E-state index contributed by atoms with van der Waals surface area (Å²) < 4.78 is 0. The lowest BCUT2D eigenvalue weighted by molar-refractivity contribution is -0.118. The van der Waals surface area contributed by atoms with Gasteiger partial charge < -0.3 is 0 Å². The lowest BCUT2D eigenvalue weighted by atomic mass is 10.4. The van der Waals surface area contributed by atoms with Gasteiger partial charge in [-0.05, 0) is 0 Å². The topological polar surface area (TPSA) is 33.2 Å². The summed E-state index contributed by atoms with van der Waals surface area (Å²) in [6.07, 6.45) is 2.22. The van der Waals surface area contributed by atoms with Crippen LogP contribution in [0.2, 0.25) is 0 Å². The fourth-order valence-electron chi connectivity index (χ4n) is 0.725. The van der Waals surface area contributed by atoms with E-state index in [0.29, 0.717) is 6.42 Å². The molecule has 0 unspecified atom stereocenters. The first-order chi connectivity index (χ1) is 5.25. The standard InChI is InChI=1S/C7H10N2OS/c1-3-6(10)9(2)7-8-4-5-11-7/h4-5H,3H2,1-2H3. The summed E-state index contributed by atoms with van der Waals surface area (Å²) in [5.41, 5.74) is 0. The average Bonchev–Trinajstić information content (AvgIpc) is 2.53. The van der Waals surface area contributed by atoms with E-state index >= 15 is 0 Å². The molecule has 4 heteroatoms. The van der Waals surface area contributed by atoms with Gasteiger partial charge in [0.15, 0.2) is 5.13 Å². The second kappa shape index (κ2) is 3.48. The average molecular weight is 170 g/mol. The molecule has 0 saturated carbocycles. The maximum Gasteiger partial charge on any atom is 0.228 e. The first-order valence-electron chi connectivity index (χ1n) is 3.41. The van der Waals surface area contributed by atoms with Gasteiger partial charge in [0.2, 0.25) is 5.91 Å². The van der Waals surface area contributed by atoms with Crippen LogP contribution < -0.4 is 4.90 Å². The minimum atomic E-state index is 0.0972. The Morgan fingerprint density at radius 3 is 3.00 bits per heavy atom. The van der Waals surface area contributed by atoms with E-state index in [0.717, 1.165) is 5.13 Å². The van der Waals surface area contributed by atoms with Gasteiger partial charge in [-0.15, -0.1) is 11.3 Å². The SMILES string of the molecule is CCC(=O)N(C)c1nccs1. The van der Waals surface area contributed by atoms with Crippen molar-refractivity contribution in [3.8, 4) is 0 Å². The maximum atomic E-state index is 11.1. The van der Waals surface area contributed by atoms with E-state index in [4.69, 9.17) is 0 Å². The lowest BCUT2D eigenvalue weighted by Crippen LogP contribution is -2.24. The van der Waals surface area contributed by atoms with Crippen molar-refractivity contribution in [2.45, 2.75) is 13.3 Å². The van der Waals surface area contributed by atoms with Gasteiger partial charge in [0.1, 0.15) is 0 Å². The summed E-state index contributed by atoms with van der Waals surface area (Å²) in [4.78, 5) is 16.7. The van der Waals surface area contributed by atoms with Crippen LogP contribution in [0.15, 0.2) is 11.6 Å². The molecule has 0 spiro atoms. The first-order valence-corrected chi connectivity index (χ1v) is 4.29. The van der Waals surface area contributed by atoms with Crippen molar-refractivity contribution in [3.05, 3.63) is 11.6 Å². The van der Waals surface area contributed by atoms with Crippen molar-refractivity contribution in [1.82, 2.24) is 4.98 Å². The number of anilines is 1. The quantitative estimate of drug-likeness (QED) is 0.674. The molecule has 60 valence electrons. The van der Waals surface area contributed by atoms with Crippen LogP contribution in [0.4, 0.5) is 5.13 Å². The molecule has 11 heavy (non-hydrogen) atoms. The van der Waals surface area contributed by atoms with Gasteiger partial charge in [-0.3, -0.25) is 9.69 Å². The smallest absolute Gasteiger partial charge is 0.228 e. The van der Waals surface area contributed by atoms with Crippen LogP contribution in [-0.2, 0) is 4.79 Å².